The van der Waals surface area contributed by atoms with E-state index in [0.29, 0.717) is 43.5 Å². The summed E-state index contributed by atoms with van der Waals surface area (Å²) in [5, 5.41) is 37.7. The molecule has 1 aromatic heterocycles. The highest BCUT2D eigenvalue weighted by Crippen LogP contribution is 2.41. The Morgan fingerprint density at radius 3 is 1.96 bits per heavy atom. The Hall–Kier alpha value is -7.87. The topological polar surface area (TPSA) is 317 Å². The largest absolute Gasteiger partial charge is 0.490 e. The van der Waals surface area contributed by atoms with E-state index < -0.39 is 107 Å². The number of carboxylic acid groups (broad SMARTS) is 2. The molecule has 4 rings (SSSR count). The molecule has 21 nitrogen and oxygen atoms in total. The number of nitrogens with two attached hydrogens (primary N) is 1. The molecule has 462 valence electrons. The summed E-state index contributed by atoms with van der Waals surface area (Å²) >= 11 is 0. The van der Waals surface area contributed by atoms with Gasteiger partial charge >= 0.3 is 18.1 Å². The number of rotatable bonds is 31. The molecule has 3 aromatic rings. The number of nitrogens with zero attached hydrogens (tertiary/aromatic N) is 3. The molecule has 26 heteroatoms. The number of aromatic nitrogens is 1. The van der Waals surface area contributed by atoms with E-state index in [1.165, 1.54) is 30.9 Å². The first-order valence-electron chi connectivity index (χ1n) is 27.4. The number of aliphatic carboxylic acids is 2. The average molecular weight is 1190 g/mol. The Morgan fingerprint density at radius 1 is 0.762 bits per heavy atom. The van der Waals surface area contributed by atoms with Crippen molar-refractivity contribution in [2.24, 2.45) is 23.0 Å². The van der Waals surface area contributed by atoms with E-state index in [4.69, 9.17) is 15.6 Å². The second kappa shape index (κ2) is 32.8. The number of hydrogen-bond donors (Lipinski definition) is 8. The lowest BCUT2D eigenvalue weighted by Crippen LogP contribution is -2.52. The van der Waals surface area contributed by atoms with Crippen molar-refractivity contribution in [3.63, 3.8) is 0 Å². The van der Waals surface area contributed by atoms with E-state index in [1.807, 2.05) is 55.7 Å². The van der Waals surface area contributed by atoms with Crippen molar-refractivity contribution in [2.75, 3.05) is 26.2 Å². The predicted molar refractivity (Wildman–Crippen MR) is 297 cm³/mol. The summed E-state index contributed by atoms with van der Waals surface area (Å²) in [4.78, 5) is 126. The number of carbonyl (C=O) groups is 10. The minimum Gasteiger partial charge on any atom is -0.480 e. The number of benzene rings is 2. The fourth-order valence-corrected chi connectivity index (χ4v) is 9.07. The first-order valence-corrected chi connectivity index (χ1v) is 27.4. The lowest BCUT2D eigenvalue weighted by molar-refractivity contribution is -0.192. The van der Waals surface area contributed by atoms with Crippen LogP contribution in [0.5, 0.6) is 0 Å². The van der Waals surface area contributed by atoms with Crippen LogP contribution in [0.4, 0.5) is 22.0 Å². The minimum atomic E-state index is -5.08. The molecule has 84 heavy (non-hydrogen) atoms. The Labute approximate surface area is 483 Å². The van der Waals surface area contributed by atoms with Crippen LogP contribution < -0.4 is 27.0 Å². The summed E-state index contributed by atoms with van der Waals surface area (Å²) in [5.74, 6) is -10.6. The third-order valence-electron chi connectivity index (χ3n) is 13.5. The van der Waals surface area contributed by atoms with Crippen LogP contribution in [0.15, 0.2) is 72.9 Å². The quantitative estimate of drug-likeness (QED) is 0.0230. The van der Waals surface area contributed by atoms with Crippen molar-refractivity contribution in [1.29, 1.82) is 0 Å². The zero-order valence-corrected chi connectivity index (χ0v) is 48.1. The minimum absolute atomic E-state index is 0.00240. The number of carbonyl (C=O) groups excluding carboxylic acids is 8. The Morgan fingerprint density at radius 2 is 1.39 bits per heavy atom. The second-order valence-corrected chi connectivity index (χ2v) is 21.9. The zero-order chi connectivity index (χ0) is 63.2. The maximum absolute atomic E-state index is 15.2. The van der Waals surface area contributed by atoms with Crippen molar-refractivity contribution in [3.8, 4) is 11.1 Å². The molecule has 1 aliphatic heterocycles. The number of ketones is 1. The van der Waals surface area contributed by atoms with E-state index in [9.17, 15) is 70.9 Å². The first kappa shape index (κ1) is 70.4. The molecule has 7 amide bonds. The second-order valence-electron chi connectivity index (χ2n) is 21.9. The van der Waals surface area contributed by atoms with Gasteiger partial charge in [0.25, 0.3) is 11.8 Å². The molecule has 1 aliphatic rings. The van der Waals surface area contributed by atoms with E-state index in [0.717, 1.165) is 28.7 Å². The number of halogens is 5. The fraction of sp³-hybridized carbons (Fsp3) is 0.517. The normalized spacial score (nSPS) is 14.5. The summed E-state index contributed by atoms with van der Waals surface area (Å²) in [7, 11) is 0. The van der Waals surface area contributed by atoms with Crippen molar-refractivity contribution in [3.05, 3.63) is 95.8 Å². The molecular weight excluding hydrogens is 1110 g/mol. The molecule has 0 fully saturated rings. The first-order chi connectivity index (χ1) is 39.3. The Bertz CT molecular complexity index is 2800. The van der Waals surface area contributed by atoms with E-state index in [-0.39, 0.29) is 80.9 Å². The van der Waals surface area contributed by atoms with Crippen LogP contribution in [-0.4, -0.2) is 145 Å². The number of hydrogen-bond acceptors (Lipinski definition) is 12. The fourth-order valence-electron chi connectivity index (χ4n) is 9.07. The SMILES string of the molecule is CC(C)[C@H](NC(=O)CCCCCN1C(=O)C=CC1=O)C(=O)C[C@@H](C)C(=O)N[C@@H](CCCCNC(=O)[C@@H](C)NC(=O)[C@@H](N)CCN(C(=O)CO)[C@@H](c1cc(-c2cc(F)ccc2F)cn1Cc1ccccc1)C(C)(C)C)C(=O)O.O=C(O)C(F)(F)F. The van der Waals surface area contributed by atoms with Gasteiger partial charge in [-0.15, -0.1) is 0 Å². The highest BCUT2D eigenvalue weighted by atomic mass is 19.4. The number of nitrogens with one attached hydrogen (secondary N) is 4. The zero-order valence-electron chi connectivity index (χ0n) is 48.1. The van der Waals surface area contributed by atoms with E-state index in [2.05, 4.69) is 21.3 Å². The molecule has 0 saturated heterocycles. The van der Waals surface area contributed by atoms with Crippen LogP contribution in [-0.2, 0) is 54.5 Å². The van der Waals surface area contributed by atoms with Gasteiger partial charge in [0.2, 0.25) is 29.5 Å². The maximum Gasteiger partial charge on any atom is 0.490 e. The van der Waals surface area contributed by atoms with Gasteiger partial charge in [0.1, 0.15) is 30.3 Å². The summed E-state index contributed by atoms with van der Waals surface area (Å²) < 4.78 is 63.2. The van der Waals surface area contributed by atoms with Crippen molar-refractivity contribution in [2.45, 2.75) is 149 Å². The summed E-state index contributed by atoms with van der Waals surface area (Å²) in [5.41, 5.74) is 7.46. The third-order valence-corrected chi connectivity index (χ3v) is 13.5. The van der Waals surface area contributed by atoms with Crippen LogP contribution in [0.3, 0.4) is 0 Å². The van der Waals surface area contributed by atoms with Crippen LogP contribution in [0.25, 0.3) is 11.1 Å². The molecule has 0 bridgehead atoms. The van der Waals surface area contributed by atoms with Crippen molar-refractivity contribution in [1.82, 2.24) is 35.6 Å². The molecule has 9 N–H and O–H groups in total. The molecule has 6 atom stereocenters. The standard InChI is InChI=1S/C56H76F2N8O11.C2HF3O2/c1-34(2)50(63-46(69)19-12-9-15-26-65-47(70)22-23-48(65)71)45(68)28-35(3)52(73)62-43(55(76)77)18-13-14-25-60-53(74)36(4)61-54(75)42(59)24-27-66(49(72)33-67)51(56(5,6)7)44-29-38(40-30-39(57)20-21-41(40)58)32-64(44)31-37-16-10-8-11-17-37;3-2(4,5)1(6)7/h8,10-11,16-17,20-23,29-30,32,34-36,42-43,50-51,67H,9,12-15,18-19,24-28,31,33,59H2,1-7H3,(H,60,74)(H,61,75)(H,62,73)(H,63,69)(H,76,77);(H,6,7)/t35-,36-,42+,43+,50+,51+;/m1./s1. The molecule has 0 spiro atoms. The molecule has 0 saturated carbocycles. The number of Topliss-reactive ketones (excluding diaryl/α,β-unsaturated/α-hetero) is 1. The monoisotopic (exact) mass is 1190 g/mol. The van der Waals surface area contributed by atoms with Crippen LogP contribution >= 0.6 is 0 Å². The van der Waals surface area contributed by atoms with Gasteiger partial charge in [-0.25, -0.2) is 18.4 Å². The van der Waals surface area contributed by atoms with Crippen molar-refractivity contribution >= 4 is 59.1 Å². The summed E-state index contributed by atoms with van der Waals surface area (Å²) in [6, 6.07) is 9.02. The van der Waals surface area contributed by atoms with Gasteiger partial charge in [-0.3, -0.25) is 43.3 Å². The maximum atomic E-state index is 15.2. The number of aliphatic hydroxyl groups excluding tert-OH is 1. The number of imide groups is 1. The molecule has 2 aromatic carbocycles. The van der Waals surface area contributed by atoms with Gasteiger partial charge in [-0.1, -0.05) is 78.3 Å². The van der Waals surface area contributed by atoms with Gasteiger partial charge in [0.05, 0.1) is 18.1 Å². The number of aliphatic hydroxyl groups is 1. The van der Waals surface area contributed by atoms with Crippen molar-refractivity contribution < 1.29 is 85.2 Å². The third kappa shape index (κ3) is 22.4. The van der Waals surface area contributed by atoms with Crippen LogP contribution in [0.1, 0.15) is 124 Å². The molecule has 0 aliphatic carbocycles. The van der Waals surface area contributed by atoms with Crippen LogP contribution in [0.2, 0.25) is 0 Å². The number of amides is 7. The number of carboxylic acids is 2. The molecule has 0 radical (unpaired) electrons. The summed E-state index contributed by atoms with van der Waals surface area (Å²) in [6.45, 7) is 11.8. The predicted octanol–water partition coefficient (Wildman–Crippen LogP) is 5.32. The van der Waals surface area contributed by atoms with Crippen LogP contribution in [0, 0.1) is 28.9 Å². The Balaban J connectivity index is 0.00000247. The molecular formula is C58H77F5N8O13. The number of alkyl halides is 3. The lowest BCUT2D eigenvalue weighted by atomic mass is 9.82. The summed E-state index contributed by atoms with van der Waals surface area (Å²) in [6.07, 6.45) is 0.919. The van der Waals surface area contributed by atoms with Gasteiger partial charge in [-0.2, -0.15) is 13.2 Å². The number of unbranched alkanes of at least 4 members (excludes halogenated alkanes) is 3. The Kier molecular flexibility index (Phi) is 27.5. The van der Waals surface area contributed by atoms with E-state index >= 15 is 4.39 Å². The average Bonchev–Trinajstić information content (AvgIpc) is 3.51. The lowest BCUT2D eigenvalue weighted by Gasteiger charge is -2.41. The van der Waals surface area contributed by atoms with Gasteiger partial charge in [-0.05, 0) is 86.6 Å². The highest BCUT2D eigenvalue weighted by Gasteiger charge is 2.39. The smallest absolute Gasteiger partial charge is 0.480 e. The van der Waals surface area contributed by atoms with Gasteiger partial charge in [0.15, 0.2) is 5.78 Å². The van der Waals surface area contributed by atoms with Gasteiger partial charge in [0, 0.05) is 80.1 Å². The highest BCUT2D eigenvalue weighted by molar-refractivity contribution is 6.12. The van der Waals surface area contributed by atoms with E-state index in [1.54, 1.807) is 26.1 Å². The molecule has 2 heterocycles. The van der Waals surface area contributed by atoms with Gasteiger partial charge < -0.3 is 51.8 Å². The molecule has 0 unspecified atom stereocenters.